The summed E-state index contributed by atoms with van der Waals surface area (Å²) < 4.78 is 7.36. The Morgan fingerprint density at radius 2 is 2.21 bits per heavy atom. The van der Waals surface area contributed by atoms with E-state index in [4.69, 9.17) is 4.74 Å². The van der Waals surface area contributed by atoms with E-state index < -0.39 is 6.29 Å². The number of imidazole rings is 1. The zero-order valence-electron chi connectivity index (χ0n) is 11.5. The molecule has 1 aromatic heterocycles. The molecule has 1 atom stereocenters. The first-order valence-corrected chi connectivity index (χ1v) is 6.61. The molecule has 0 radical (unpaired) electrons. The van der Waals surface area contributed by atoms with Crippen molar-refractivity contribution >= 4 is 16.7 Å². The first-order chi connectivity index (χ1) is 9.13. The van der Waals surface area contributed by atoms with E-state index in [9.17, 15) is 5.11 Å². The van der Waals surface area contributed by atoms with E-state index in [1.54, 1.807) is 0 Å². The van der Waals surface area contributed by atoms with Crippen molar-refractivity contribution in [1.82, 2.24) is 9.55 Å². The van der Waals surface area contributed by atoms with Crippen molar-refractivity contribution in [2.24, 2.45) is 0 Å². The largest absolute Gasteiger partial charge is 0.435 e. The number of unbranched alkanes of at least 4 members (excludes halogenated alkanes) is 1. The molecule has 0 aliphatic rings. The Bertz CT molecular complexity index is 575. The van der Waals surface area contributed by atoms with Gasteiger partial charge in [0.25, 0.3) is 0 Å². The summed E-state index contributed by atoms with van der Waals surface area (Å²) in [5, 5.41) is 9.86. The number of aliphatic hydroxyl groups excluding tert-OH is 1. The third kappa shape index (κ3) is 2.96. The summed E-state index contributed by atoms with van der Waals surface area (Å²) in [6, 6.07) is 8.15. The fourth-order valence-corrected chi connectivity index (χ4v) is 2.01. The molecule has 0 saturated heterocycles. The van der Waals surface area contributed by atoms with Gasteiger partial charge in [0.05, 0.1) is 11.0 Å². The van der Waals surface area contributed by atoms with E-state index in [1.807, 2.05) is 35.8 Å². The monoisotopic (exact) mass is 260 g/mol. The van der Waals surface area contributed by atoms with Crippen molar-refractivity contribution < 1.29 is 9.84 Å². The number of hydrogen-bond donors (Lipinski definition) is 1. The second-order valence-corrected chi connectivity index (χ2v) is 4.67. The average molecular weight is 260 g/mol. The highest BCUT2D eigenvalue weighted by Gasteiger charge is 2.15. The molecule has 1 heterocycles. The van der Waals surface area contributed by atoms with Crippen LogP contribution in [0.1, 0.15) is 33.1 Å². The summed E-state index contributed by atoms with van der Waals surface area (Å²) >= 11 is 0. The van der Waals surface area contributed by atoms with Crippen LogP contribution in [0, 0.1) is 0 Å². The Kier molecular flexibility index (Phi) is 4.22. The van der Waals surface area contributed by atoms with Crippen LogP contribution in [0.2, 0.25) is 0 Å². The molecule has 1 aromatic carbocycles. The highest BCUT2D eigenvalue weighted by atomic mass is 16.6. The Morgan fingerprint density at radius 1 is 1.47 bits per heavy atom. The normalized spacial score (nSPS) is 12.6. The summed E-state index contributed by atoms with van der Waals surface area (Å²) in [6.45, 7) is 7.91. The number of para-hydroxylation sites is 2. The van der Waals surface area contributed by atoms with Gasteiger partial charge in [0, 0.05) is 12.1 Å². The third-order valence-corrected chi connectivity index (χ3v) is 2.96. The molecule has 0 fully saturated rings. The molecule has 0 aliphatic carbocycles. The van der Waals surface area contributed by atoms with Crippen LogP contribution >= 0.6 is 0 Å². The lowest BCUT2D eigenvalue weighted by atomic mass is 10.2. The van der Waals surface area contributed by atoms with Crippen molar-refractivity contribution in [3.63, 3.8) is 0 Å². The zero-order valence-corrected chi connectivity index (χ0v) is 11.5. The van der Waals surface area contributed by atoms with E-state index in [0.717, 1.165) is 29.6 Å². The molecule has 0 spiro atoms. The first-order valence-electron chi connectivity index (χ1n) is 6.61. The number of aliphatic hydroxyl groups is 1. The number of fused-ring (bicyclic) bond motifs is 1. The molecule has 19 heavy (non-hydrogen) atoms. The maximum Gasteiger partial charge on any atom is 0.304 e. The summed E-state index contributed by atoms with van der Waals surface area (Å²) in [5.74, 6) is 0. The van der Waals surface area contributed by atoms with Gasteiger partial charge in [-0.15, -0.1) is 0 Å². The molecule has 0 bridgehead atoms. The van der Waals surface area contributed by atoms with Crippen LogP contribution in [0.5, 0.6) is 6.01 Å². The van der Waals surface area contributed by atoms with Crippen LogP contribution in [0.3, 0.4) is 0 Å². The molecule has 2 aromatic rings. The summed E-state index contributed by atoms with van der Waals surface area (Å²) in [6.07, 6.45) is 1.73. The fourth-order valence-electron chi connectivity index (χ4n) is 2.01. The number of benzene rings is 1. The van der Waals surface area contributed by atoms with Crippen LogP contribution in [0.25, 0.3) is 16.7 Å². The van der Waals surface area contributed by atoms with Gasteiger partial charge in [0.1, 0.15) is 0 Å². The van der Waals surface area contributed by atoms with E-state index in [1.165, 1.54) is 0 Å². The molecule has 1 N–H and O–H groups in total. The van der Waals surface area contributed by atoms with Gasteiger partial charge in [0.2, 0.25) is 6.29 Å². The topological polar surface area (TPSA) is 47.3 Å². The molecule has 4 nitrogen and oxygen atoms in total. The molecule has 0 aliphatic heterocycles. The van der Waals surface area contributed by atoms with Crippen molar-refractivity contribution in [3.05, 3.63) is 30.8 Å². The van der Waals surface area contributed by atoms with Gasteiger partial charge in [-0.05, 0) is 25.5 Å². The summed E-state index contributed by atoms with van der Waals surface area (Å²) in [5.41, 5.74) is 2.59. The van der Waals surface area contributed by atoms with Gasteiger partial charge in [-0.25, -0.2) is 0 Å². The zero-order chi connectivity index (χ0) is 13.8. The molecule has 1 unspecified atom stereocenters. The first kappa shape index (κ1) is 13.6. The molecular formula is C15H20N2O2. The van der Waals surface area contributed by atoms with Crippen molar-refractivity contribution in [2.45, 2.75) is 39.4 Å². The van der Waals surface area contributed by atoms with E-state index in [0.29, 0.717) is 12.4 Å². The maximum absolute atomic E-state index is 9.86. The molecule has 102 valence electrons. The Labute approximate surface area is 113 Å². The van der Waals surface area contributed by atoms with Crippen LogP contribution in [-0.4, -0.2) is 20.9 Å². The highest BCUT2D eigenvalue weighted by molar-refractivity contribution is 5.80. The maximum atomic E-state index is 9.86. The van der Waals surface area contributed by atoms with Gasteiger partial charge in [-0.2, -0.15) is 4.98 Å². The standard InChI is InChI=1S/C15H20N2O2/c1-4-5-10-14(18)19-15-16-12-8-6-7-9-13(12)17(15)11(2)3/h6-9,14,18H,2,4-5,10H2,1,3H3. The Balaban J connectivity index is 2.31. The van der Waals surface area contributed by atoms with Crippen LogP contribution in [-0.2, 0) is 0 Å². The van der Waals surface area contributed by atoms with Crippen LogP contribution in [0.15, 0.2) is 30.8 Å². The minimum absolute atomic E-state index is 0.400. The number of nitrogens with zero attached hydrogens (tertiary/aromatic N) is 2. The molecule has 0 saturated carbocycles. The summed E-state index contributed by atoms with van der Waals surface area (Å²) in [4.78, 5) is 4.40. The smallest absolute Gasteiger partial charge is 0.304 e. The number of ether oxygens (including phenoxy) is 1. The van der Waals surface area contributed by atoms with E-state index >= 15 is 0 Å². The lowest BCUT2D eigenvalue weighted by Crippen LogP contribution is -2.17. The number of hydrogen-bond acceptors (Lipinski definition) is 3. The molecule has 0 amide bonds. The molecule has 2 rings (SSSR count). The van der Waals surface area contributed by atoms with E-state index in [-0.39, 0.29) is 0 Å². The lowest BCUT2D eigenvalue weighted by Gasteiger charge is -2.14. The number of aromatic nitrogens is 2. The van der Waals surface area contributed by atoms with Crippen molar-refractivity contribution in [2.75, 3.05) is 0 Å². The van der Waals surface area contributed by atoms with E-state index in [2.05, 4.69) is 18.5 Å². The highest BCUT2D eigenvalue weighted by Crippen LogP contribution is 2.25. The van der Waals surface area contributed by atoms with Gasteiger partial charge in [-0.1, -0.05) is 32.1 Å². The minimum atomic E-state index is -0.824. The molecular weight excluding hydrogens is 240 g/mol. The predicted octanol–water partition coefficient (Wildman–Crippen LogP) is 3.41. The SMILES string of the molecule is C=C(C)n1c(OC(O)CCCC)nc2ccccc21. The molecule has 4 heteroatoms. The van der Waals surface area contributed by atoms with Gasteiger partial charge in [-0.3, -0.25) is 4.57 Å². The third-order valence-electron chi connectivity index (χ3n) is 2.96. The van der Waals surface area contributed by atoms with Gasteiger partial charge < -0.3 is 9.84 Å². The fraction of sp³-hybridized carbons (Fsp3) is 0.400. The van der Waals surface area contributed by atoms with Gasteiger partial charge >= 0.3 is 6.01 Å². The quantitative estimate of drug-likeness (QED) is 0.810. The Hall–Kier alpha value is -1.81. The second-order valence-electron chi connectivity index (χ2n) is 4.67. The van der Waals surface area contributed by atoms with Crippen LogP contribution < -0.4 is 4.74 Å². The lowest BCUT2D eigenvalue weighted by molar-refractivity contribution is -0.0312. The van der Waals surface area contributed by atoms with Crippen molar-refractivity contribution in [1.29, 1.82) is 0 Å². The Morgan fingerprint density at radius 3 is 2.89 bits per heavy atom. The van der Waals surface area contributed by atoms with Gasteiger partial charge in [0.15, 0.2) is 0 Å². The second kappa shape index (κ2) is 5.89. The number of allylic oxidation sites excluding steroid dienone is 1. The minimum Gasteiger partial charge on any atom is -0.435 e. The summed E-state index contributed by atoms with van der Waals surface area (Å²) in [7, 11) is 0. The van der Waals surface area contributed by atoms with Crippen LogP contribution in [0.4, 0.5) is 0 Å². The average Bonchev–Trinajstić information content (AvgIpc) is 2.74. The number of rotatable bonds is 6. The van der Waals surface area contributed by atoms with Crippen molar-refractivity contribution in [3.8, 4) is 6.01 Å². The predicted molar refractivity (Wildman–Crippen MR) is 76.9 cm³/mol.